The molecule has 0 saturated carbocycles. The number of ether oxygens (including phenoxy) is 1. The second kappa shape index (κ2) is 8.55. The highest BCUT2D eigenvalue weighted by atomic mass is 16.5. The molecule has 0 aliphatic carbocycles. The summed E-state index contributed by atoms with van der Waals surface area (Å²) >= 11 is 0. The number of carboxylic acid groups (broad SMARTS) is 1. The van der Waals surface area contributed by atoms with Gasteiger partial charge >= 0.3 is 5.97 Å². The zero-order chi connectivity index (χ0) is 15.0. The Morgan fingerprint density at radius 1 is 1.30 bits per heavy atom. The third-order valence-corrected chi connectivity index (χ3v) is 3.09. The van der Waals surface area contributed by atoms with Crippen molar-refractivity contribution in [3.63, 3.8) is 0 Å². The lowest BCUT2D eigenvalue weighted by molar-refractivity contribution is 0.0691. The van der Waals surface area contributed by atoms with Crippen molar-refractivity contribution < 1.29 is 19.7 Å². The van der Waals surface area contributed by atoms with Gasteiger partial charge in [0, 0.05) is 25.7 Å². The largest absolute Gasteiger partial charge is 0.491 e. The van der Waals surface area contributed by atoms with Crippen LogP contribution in [0.4, 0.5) is 0 Å². The van der Waals surface area contributed by atoms with Crippen molar-refractivity contribution in [1.82, 2.24) is 4.90 Å². The van der Waals surface area contributed by atoms with Crippen LogP contribution in [-0.2, 0) is 0 Å². The molecule has 5 nitrogen and oxygen atoms in total. The van der Waals surface area contributed by atoms with Crippen LogP contribution in [0.1, 0.15) is 30.6 Å². The average Bonchev–Trinajstić information content (AvgIpc) is 2.42. The molecule has 0 aromatic heterocycles. The molecule has 1 rings (SSSR count). The molecular weight excluding hydrogens is 258 g/mol. The van der Waals surface area contributed by atoms with E-state index in [2.05, 4.69) is 18.7 Å². The van der Waals surface area contributed by atoms with Crippen LogP contribution in [0.2, 0.25) is 0 Å². The summed E-state index contributed by atoms with van der Waals surface area (Å²) in [6, 6.07) is 6.99. The molecule has 0 aliphatic rings. The molecule has 0 aliphatic heterocycles. The lowest BCUT2D eigenvalue weighted by atomic mass is 10.2. The van der Waals surface area contributed by atoms with Gasteiger partial charge in [-0.2, -0.15) is 0 Å². The molecule has 0 atom stereocenters. The first kappa shape index (κ1) is 16.5. The fourth-order valence-electron chi connectivity index (χ4n) is 1.94. The molecule has 20 heavy (non-hydrogen) atoms. The number of rotatable bonds is 9. The van der Waals surface area contributed by atoms with Crippen LogP contribution in [-0.4, -0.2) is 53.4 Å². The van der Waals surface area contributed by atoms with Crippen molar-refractivity contribution in [2.75, 3.05) is 26.3 Å². The number of hydrogen-bond acceptors (Lipinski definition) is 4. The van der Waals surface area contributed by atoms with Gasteiger partial charge in [-0.15, -0.1) is 0 Å². The number of para-hydroxylation sites is 1. The molecule has 0 unspecified atom stereocenters. The van der Waals surface area contributed by atoms with Crippen molar-refractivity contribution in [2.24, 2.45) is 0 Å². The number of nitrogens with zero attached hydrogens (tertiary/aromatic N) is 1. The standard InChI is InChI=1S/C15H23NO4/c1-12(2)16(8-5-10-17)9-11-20-14-7-4-3-6-13(14)15(18)19/h3-4,6-7,12,17H,5,8-11H2,1-2H3,(H,18,19). The van der Waals surface area contributed by atoms with Gasteiger partial charge in [0.15, 0.2) is 0 Å². The molecule has 0 spiro atoms. The van der Waals surface area contributed by atoms with Gasteiger partial charge in [-0.3, -0.25) is 4.90 Å². The third kappa shape index (κ3) is 5.19. The number of aliphatic hydroxyl groups excluding tert-OH is 1. The molecule has 0 heterocycles. The van der Waals surface area contributed by atoms with E-state index in [4.69, 9.17) is 14.9 Å². The van der Waals surface area contributed by atoms with Crippen molar-refractivity contribution in [1.29, 1.82) is 0 Å². The number of aromatic carboxylic acids is 1. The fourth-order valence-corrected chi connectivity index (χ4v) is 1.94. The second-order valence-corrected chi connectivity index (χ2v) is 4.86. The zero-order valence-electron chi connectivity index (χ0n) is 12.1. The topological polar surface area (TPSA) is 70.0 Å². The minimum Gasteiger partial charge on any atom is -0.491 e. The van der Waals surface area contributed by atoms with E-state index < -0.39 is 5.97 Å². The molecule has 2 N–H and O–H groups in total. The SMILES string of the molecule is CC(C)N(CCCO)CCOc1ccccc1C(=O)O. The highest BCUT2D eigenvalue weighted by Crippen LogP contribution is 2.17. The molecular formula is C15H23NO4. The molecule has 5 heteroatoms. The van der Waals surface area contributed by atoms with E-state index >= 15 is 0 Å². The van der Waals surface area contributed by atoms with Crippen molar-refractivity contribution in [3.8, 4) is 5.75 Å². The number of benzene rings is 1. The highest BCUT2D eigenvalue weighted by molar-refractivity contribution is 5.90. The van der Waals surface area contributed by atoms with E-state index in [9.17, 15) is 4.79 Å². The van der Waals surface area contributed by atoms with E-state index in [-0.39, 0.29) is 12.2 Å². The summed E-state index contributed by atoms with van der Waals surface area (Å²) in [5.41, 5.74) is 0.180. The summed E-state index contributed by atoms with van der Waals surface area (Å²) < 4.78 is 5.57. The summed E-state index contributed by atoms with van der Waals surface area (Å²) in [4.78, 5) is 13.2. The molecule has 1 aromatic rings. The summed E-state index contributed by atoms with van der Waals surface area (Å²) in [5.74, 6) is -0.590. The van der Waals surface area contributed by atoms with E-state index in [0.29, 0.717) is 24.9 Å². The minimum absolute atomic E-state index is 0.173. The Balaban J connectivity index is 2.52. The normalized spacial score (nSPS) is 11.1. The van der Waals surface area contributed by atoms with Crippen LogP contribution in [0.15, 0.2) is 24.3 Å². The molecule has 112 valence electrons. The first-order valence-corrected chi connectivity index (χ1v) is 6.86. The van der Waals surface area contributed by atoms with Gasteiger partial charge in [0.2, 0.25) is 0 Å². The van der Waals surface area contributed by atoms with E-state index in [1.165, 1.54) is 6.07 Å². The molecule has 0 radical (unpaired) electrons. The molecule has 0 saturated heterocycles. The van der Waals surface area contributed by atoms with Gasteiger partial charge in [0.1, 0.15) is 17.9 Å². The summed E-state index contributed by atoms with van der Waals surface area (Å²) in [6.45, 7) is 6.27. The van der Waals surface area contributed by atoms with Gasteiger partial charge in [-0.05, 0) is 32.4 Å². The lowest BCUT2D eigenvalue weighted by Gasteiger charge is -2.26. The predicted octanol–water partition coefficient (Wildman–Crippen LogP) is 1.86. The Morgan fingerprint density at radius 2 is 2.00 bits per heavy atom. The maximum Gasteiger partial charge on any atom is 0.339 e. The van der Waals surface area contributed by atoms with Crippen molar-refractivity contribution >= 4 is 5.97 Å². The third-order valence-electron chi connectivity index (χ3n) is 3.09. The Labute approximate surface area is 119 Å². The Hall–Kier alpha value is -1.59. The van der Waals surface area contributed by atoms with Gasteiger partial charge in [-0.1, -0.05) is 12.1 Å². The quantitative estimate of drug-likeness (QED) is 0.723. The molecule has 0 amide bonds. The highest BCUT2D eigenvalue weighted by Gasteiger charge is 2.12. The monoisotopic (exact) mass is 281 g/mol. The summed E-state index contributed by atoms with van der Waals surface area (Å²) in [5, 5.41) is 17.9. The van der Waals surface area contributed by atoms with Crippen LogP contribution < -0.4 is 4.74 Å². The lowest BCUT2D eigenvalue weighted by Crippen LogP contribution is -2.35. The minimum atomic E-state index is -0.985. The molecule has 0 bridgehead atoms. The zero-order valence-corrected chi connectivity index (χ0v) is 12.1. The second-order valence-electron chi connectivity index (χ2n) is 4.86. The van der Waals surface area contributed by atoms with E-state index in [1.807, 2.05) is 0 Å². The van der Waals surface area contributed by atoms with Crippen LogP contribution in [0, 0.1) is 0 Å². The first-order valence-electron chi connectivity index (χ1n) is 6.86. The van der Waals surface area contributed by atoms with Crippen molar-refractivity contribution in [3.05, 3.63) is 29.8 Å². The van der Waals surface area contributed by atoms with Crippen LogP contribution in [0.5, 0.6) is 5.75 Å². The number of hydrogen-bond donors (Lipinski definition) is 2. The Bertz CT molecular complexity index is 420. The number of carboxylic acids is 1. The van der Waals surface area contributed by atoms with Gasteiger partial charge in [-0.25, -0.2) is 4.79 Å². The molecule has 0 fully saturated rings. The average molecular weight is 281 g/mol. The summed E-state index contributed by atoms with van der Waals surface area (Å²) in [7, 11) is 0. The van der Waals surface area contributed by atoms with Crippen LogP contribution in [0.3, 0.4) is 0 Å². The van der Waals surface area contributed by atoms with Crippen LogP contribution in [0.25, 0.3) is 0 Å². The number of aliphatic hydroxyl groups is 1. The summed E-state index contributed by atoms with van der Waals surface area (Å²) in [6.07, 6.45) is 0.726. The smallest absolute Gasteiger partial charge is 0.339 e. The van der Waals surface area contributed by atoms with Crippen LogP contribution >= 0.6 is 0 Å². The molecule has 1 aromatic carbocycles. The Kier molecular flexibility index (Phi) is 7.04. The fraction of sp³-hybridized carbons (Fsp3) is 0.533. The van der Waals surface area contributed by atoms with Crippen molar-refractivity contribution in [2.45, 2.75) is 26.3 Å². The van der Waals surface area contributed by atoms with Gasteiger partial charge in [0.25, 0.3) is 0 Å². The van der Waals surface area contributed by atoms with Gasteiger partial charge in [0.05, 0.1) is 0 Å². The van der Waals surface area contributed by atoms with E-state index in [0.717, 1.165) is 13.0 Å². The number of carbonyl (C=O) groups is 1. The maximum absolute atomic E-state index is 11.1. The first-order chi connectivity index (χ1) is 9.56. The van der Waals surface area contributed by atoms with Gasteiger partial charge < -0.3 is 14.9 Å². The predicted molar refractivity (Wildman–Crippen MR) is 77.3 cm³/mol. The maximum atomic E-state index is 11.1. The Morgan fingerprint density at radius 3 is 2.60 bits per heavy atom. The van der Waals surface area contributed by atoms with E-state index in [1.54, 1.807) is 18.2 Å².